The molecule has 1 N–H and O–H groups in total. The summed E-state index contributed by atoms with van der Waals surface area (Å²) < 4.78 is 28.8. The van der Waals surface area contributed by atoms with Crippen LogP contribution in [0.4, 0.5) is 5.69 Å². The molecule has 7 nitrogen and oxygen atoms in total. The van der Waals surface area contributed by atoms with E-state index in [-0.39, 0.29) is 39.1 Å². The molecule has 1 atom stereocenters. The zero-order chi connectivity index (χ0) is 29.4. The number of amides is 2. The Labute approximate surface area is 247 Å². The highest BCUT2D eigenvalue weighted by Gasteiger charge is 2.33. The van der Waals surface area contributed by atoms with E-state index in [1.54, 1.807) is 12.1 Å². The summed E-state index contributed by atoms with van der Waals surface area (Å²) in [5, 5.41) is 3.30. The highest BCUT2D eigenvalue weighted by Crippen LogP contribution is 2.31. The lowest BCUT2D eigenvalue weighted by atomic mass is 10.1. The molecule has 3 aromatic rings. The molecule has 0 aliphatic rings. The van der Waals surface area contributed by atoms with Crippen LogP contribution < -0.4 is 9.62 Å². The van der Waals surface area contributed by atoms with E-state index in [1.807, 2.05) is 58.0 Å². The smallest absolute Gasteiger partial charge is 0.264 e. The third kappa shape index (κ3) is 7.99. The van der Waals surface area contributed by atoms with E-state index in [4.69, 9.17) is 23.2 Å². The van der Waals surface area contributed by atoms with E-state index in [2.05, 4.69) is 5.32 Å². The minimum absolute atomic E-state index is 0.0254. The third-order valence-electron chi connectivity index (χ3n) is 6.38. The molecule has 0 aliphatic heterocycles. The van der Waals surface area contributed by atoms with Crippen molar-refractivity contribution in [3.05, 3.63) is 94.0 Å². The molecule has 0 unspecified atom stereocenters. The number of rotatable bonds is 12. The maximum Gasteiger partial charge on any atom is 0.264 e. The van der Waals surface area contributed by atoms with Gasteiger partial charge in [-0.15, -0.1) is 0 Å². The second-order valence-corrected chi connectivity index (χ2v) is 12.5. The van der Waals surface area contributed by atoms with Crippen molar-refractivity contribution in [1.82, 2.24) is 10.2 Å². The van der Waals surface area contributed by atoms with Gasteiger partial charge < -0.3 is 10.2 Å². The van der Waals surface area contributed by atoms with E-state index < -0.39 is 28.5 Å². The van der Waals surface area contributed by atoms with Crippen molar-refractivity contribution < 1.29 is 18.0 Å². The average Bonchev–Trinajstić information content (AvgIpc) is 2.91. The number of nitrogens with zero attached hydrogens (tertiary/aromatic N) is 2. The summed E-state index contributed by atoms with van der Waals surface area (Å²) in [7, 11) is -4.18. The van der Waals surface area contributed by atoms with Crippen LogP contribution in [0.3, 0.4) is 0 Å². The van der Waals surface area contributed by atoms with E-state index in [1.165, 1.54) is 35.2 Å². The maximum absolute atomic E-state index is 14.0. The summed E-state index contributed by atoms with van der Waals surface area (Å²) >= 11 is 12.4. The fraction of sp³-hybridized carbons (Fsp3) is 0.333. The van der Waals surface area contributed by atoms with Gasteiger partial charge in [-0.05, 0) is 69.5 Å². The molecule has 0 spiro atoms. The summed E-state index contributed by atoms with van der Waals surface area (Å²) in [5.74, 6) is -0.801. The van der Waals surface area contributed by atoms with Crippen molar-refractivity contribution >= 4 is 50.7 Å². The molecule has 3 rings (SSSR count). The number of benzene rings is 3. The lowest BCUT2D eigenvalue weighted by Crippen LogP contribution is -2.54. The Morgan fingerprint density at radius 3 is 2.15 bits per heavy atom. The van der Waals surface area contributed by atoms with Gasteiger partial charge in [0.2, 0.25) is 11.8 Å². The predicted molar refractivity (Wildman–Crippen MR) is 161 cm³/mol. The Kier molecular flexibility index (Phi) is 11.0. The summed E-state index contributed by atoms with van der Waals surface area (Å²) in [5.41, 5.74) is 2.07. The third-order valence-corrected chi connectivity index (χ3v) is 8.91. The first-order chi connectivity index (χ1) is 18.9. The molecule has 0 bridgehead atoms. The molecule has 0 saturated carbocycles. The van der Waals surface area contributed by atoms with Gasteiger partial charge in [0.25, 0.3) is 10.0 Å². The molecule has 0 radical (unpaired) electrons. The number of hydrogen-bond donors (Lipinski definition) is 1. The van der Waals surface area contributed by atoms with E-state index >= 15 is 0 Å². The Bertz CT molecular complexity index is 1410. The van der Waals surface area contributed by atoms with Crippen LogP contribution in [0.25, 0.3) is 0 Å². The lowest BCUT2D eigenvalue weighted by Gasteiger charge is -2.33. The van der Waals surface area contributed by atoms with Crippen LogP contribution in [-0.4, -0.2) is 50.3 Å². The monoisotopic (exact) mass is 603 g/mol. The second-order valence-electron chi connectivity index (χ2n) is 9.83. The van der Waals surface area contributed by atoms with Gasteiger partial charge in [-0.3, -0.25) is 13.9 Å². The van der Waals surface area contributed by atoms with Crippen molar-refractivity contribution in [2.45, 2.75) is 57.5 Å². The SMILES string of the molecule is CC[C@H](C(=O)NC(C)C)N(CCc1ccccc1)C(=O)CN(c1ccc(Cl)c(Cl)c1)S(=O)(=O)c1ccc(C)cc1. The number of anilines is 1. The van der Waals surface area contributed by atoms with Gasteiger partial charge in [0, 0.05) is 12.6 Å². The van der Waals surface area contributed by atoms with Crippen molar-refractivity contribution in [2.24, 2.45) is 0 Å². The quantitative estimate of drug-likeness (QED) is 0.280. The molecule has 0 fully saturated rings. The predicted octanol–water partition coefficient (Wildman–Crippen LogP) is 5.87. The number of aryl methyl sites for hydroxylation is 1. The van der Waals surface area contributed by atoms with E-state index in [9.17, 15) is 18.0 Å². The van der Waals surface area contributed by atoms with Gasteiger partial charge in [-0.2, -0.15) is 0 Å². The zero-order valence-corrected chi connectivity index (χ0v) is 25.4. The van der Waals surface area contributed by atoms with Gasteiger partial charge in [0.1, 0.15) is 12.6 Å². The van der Waals surface area contributed by atoms with Crippen LogP contribution in [0, 0.1) is 6.92 Å². The summed E-state index contributed by atoms with van der Waals surface area (Å²) in [6, 6.07) is 19.5. The molecule has 10 heteroatoms. The number of hydrogen-bond acceptors (Lipinski definition) is 4. The Morgan fingerprint density at radius 2 is 1.57 bits per heavy atom. The highest BCUT2D eigenvalue weighted by atomic mass is 35.5. The molecular weight excluding hydrogens is 569 g/mol. The molecule has 0 saturated heterocycles. The van der Waals surface area contributed by atoms with E-state index in [0.717, 1.165) is 15.4 Å². The van der Waals surface area contributed by atoms with Crippen molar-refractivity contribution in [3.63, 3.8) is 0 Å². The van der Waals surface area contributed by atoms with Crippen LogP contribution >= 0.6 is 23.2 Å². The lowest BCUT2D eigenvalue weighted by molar-refractivity contribution is -0.139. The minimum atomic E-state index is -4.18. The highest BCUT2D eigenvalue weighted by molar-refractivity contribution is 7.92. The molecule has 3 aromatic carbocycles. The molecule has 40 heavy (non-hydrogen) atoms. The summed E-state index contributed by atoms with van der Waals surface area (Å²) in [6.45, 7) is 7.07. The number of nitrogens with one attached hydrogen (secondary N) is 1. The molecule has 0 aromatic heterocycles. The number of carbonyl (C=O) groups excluding carboxylic acids is 2. The second kappa shape index (κ2) is 14.0. The molecule has 0 aliphatic carbocycles. The fourth-order valence-electron chi connectivity index (χ4n) is 4.28. The first kappa shape index (κ1) is 31.5. The number of carbonyl (C=O) groups is 2. The first-order valence-corrected chi connectivity index (χ1v) is 15.3. The van der Waals surface area contributed by atoms with Crippen LogP contribution in [0.1, 0.15) is 38.3 Å². The Hall–Kier alpha value is -3.07. The van der Waals surface area contributed by atoms with E-state index in [0.29, 0.717) is 12.8 Å². The van der Waals surface area contributed by atoms with Crippen molar-refractivity contribution in [1.29, 1.82) is 0 Å². The summed E-state index contributed by atoms with van der Waals surface area (Å²) in [6.07, 6.45) is 0.853. The fourth-order valence-corrected chi connectivity index (χ4v) is 5.98. The standard InChI is InChI=1S/C30H35Cl2N3O4S/c1-5-28(30(37)33-21(2)3)34(18-17-23-9-7-6-8-10-23)29(36)20-35(24-13-16-26(31)27(32)19-24)40(38,39)25-14-11-22(4)12-15-25/h6-16,19,21,28H,5,17-18,20H2,1-4H3,(H,33,37)/t28-/m1/s1. The van der Waals surface area contributed by atoms with Gasteiger partial charge in [-0.25, -0.2) is 8.42 Å². The maximum atomic E-state index is 14.0. The van der Waals surface area contributed by atoms with Gasteiger partial charge >= 0.3 is 0 Å². The van der Waals surface area contributed by atoms with Crippen molar-refractivity contribution in [2.75, 3.05) is 17.4 Å². The average molecular weight is 605 g/mol. The molecule has 2 amide bonds. The van der Waals surface area contributed by atoms with Crippen molar-refractivity contribution in [3.8, 4) is 0 Å². The van der Waals surface area contributed by atoms with Crippen LogP contribution in [0.2, 0.25) is 10.0 Å². The van der Waals surface area contributed by atoms with Crippen LogP contribution in [0.5, 0.6) is 0 Å². The zero-order valence-electron chi connectivity index (χ0n) is 23.1. The largest absolute Gasteiger partial charge is 0.352 e. The number of sulfonamides is 1. The summed E-state index contributed by atoms with van der Waals surface area (Å²) in [4.78, 5) is 28.7. The van der Waals surface area contributed by atoms with Gasteiger partial charge in [0.15, 0.2) is 0 Å². The van der Waals surface area contributed by atoms with Gasteiger partial charge in [0.05, 0.1) is 20.6 Å². The topological polar surface area (TPSA) is 86.8 Å². The number of halogens is 2. The van der Waals surface area contributed by atoms with Crippen LogP contribution in [-0.2, 0) is 26.0 Å². The normalized spacial score (nSPS) is 12.2. The van der Waals surface area contributed by atoms with Gasteiger partial charge in [-0.1, -0.05) is 78.2 Å². The van der Waals surface area contributed by atoms with Crippen LogP contribution in [0.15, 0.2) is 77.7 Å². The molecule has 214 valence electrons. The Balaban J connectivity index is 2.03. The molecule has 0 heterocycles. The first-order valence-electron chi connectivity index (χ1n) is 13.1. The Morgan fingerprint density at radius 1 is 0.925 bits per heavy atom. The minimum Gasteiger partial charge on any atom is -0.352 e. The molecular formula is C30H35Cl2N3O4S.